The molecule has 0 aromatic carbocycles. The summed E-state index contributed by atoms with van der Waals surface area (Å²) < 4.78 is 12.8. The first-order valence-electron chi connectivity index (χ1n) is 3.34. The Morgan fingerprint density at radius 3 is 3.10 bits per heavy atom. The van der Waals surface area contributed by atoms with Crippen LogP contribution in [0, 0.1) is 0 Å². The molecule has 0 bridgehead atoms. The molecule has 0 atom stereocenters. The van der Waals surface area contributed by atoms with Crippen LogP contribution >= 0.6 is 0 Å². The van der Waals surface area contributed by atoms with Crippen LogP contribution in [0.1, 0.15) is 19.0 Å². The fourth-order valence-electron chi connectivity index (χ4n) is 0.768. The lowest BCUT2D eigenvalue weighted by atomic mass is 10.3. The van der Waals surface area contributed by atoms with Crippen molar-refractivity contribution in [3.63, 3.8) is 0 Å². The molecule has 0 amide bonds. The maximum Gasteiger partial charge on any atom is 0.142 e. The molecule has 1 rings (SSSR count). The normalized spacial score (nSPS) is 12.0. The van der Waals surface area contributed by atoms with Crippen molar-refractivity contribution in [3.8, 4) is 0 Å². The van der Waals surface area contributed by atoms with Crippen molar-refractivity contribution in [3.05, 3.63) is 30.1 Å². The van der Waals surface area contributed by atoms with Crippen LogP contribution in [0.4, 0.5) is 4.39 Å². The summed E-state index contributed by atoms with van der Waals surface area (Å²) in [5.74, 6) is -0.174. The smallest absolute Gasteiger partial charge is 0.142 e. The molecule has 0 unspecified atom stereocenters. The summed E-state index contributed by atoms with van der Waals surface area (Å²) in [6.45, 7) is 1.91. The highest BCUT2D eigenvalue weighted by Crippen LogP contribution is 2.12. The summed E-state index contributed by atoms with van der Waals surface area (Å²) in [4.78, 5) is 2.78. The number of aromatic nitrogens is 1. The van der Waals surface area contributed by atoms with E-state index < -0.39 is 0 Å². The fraction of sp³-hybridized carbons (Fsp3) is 0.250. The van der Waals surface area contributed by atoms with Gasteiger partial charge in [-0.2, -0.15) is 0 Å². The maximum absolute atomic E-state index is 12.8. The van der Waals surface area contributed by atoms with Crippen molar-refractivity contribution in [1.29, 1.82) is 0 Å². The summed E-state index contributed by atoms with van der Waals surface area (Å²) in [5.41, 5.74) is 0.557. The van der Waals surface area contributed by atoms with Crippen LogP contribution in [-0.2, 0) is 0 Å². The Morgan fingerprint density at radius 1 is 1.80 bits per heavy atom. The molecule has 54 valence electrons. The summed E-state index contributed by atoms with van der Waals surface area (Å²) in [6.07, 6.45) is 3.98. The zero-order valence-electron chi connectivity index (χ0n) is 5.89. The van der Waals surface area contributed by atoms with Crippen LogP contribution in [0.15, 0.2) is 24.4 Å². The van der Waals surface area contributed by atoms with Crippen LogP contribution in [0.5, 0.6) is 0 Å². The second kappa shape index (κ2) is 3.20. The number of hydrogen-bond acceptors (Lipinski definition) is 0. The number of rotatable bonds is 2. The van der Waals surface area contributed by atoms with E-state index in [9.17, 15) is 4.39 Å². The van der Waals surface area contributed by atoms with Crippen LogP contribution in [0.2, 0.25) is 0 Å². The molecule has 1 aromatic rings. The standard InChI is InChI=1S/C8H10FN/c1-2-4-7(9)8-5-3-6-10-8/h3-6,10H,2H2,1H3/b7-4-. The Labute approximate surface area is 59.6 Å². The molecule has 0 spiro atoms. The van der Waals surface area contributed by atoms with Gasteiger partial charge < -0.3 is 4.98 Å². The molecule has 0 saturated carbocycles. The molecule has 0 aliphatic heterocycles. The lowest BCUT2D eigenvalue weighted by Crippen LogP contribution is -1.74. The van der Waals surface area contributed by atoms with Crippen molar-refractivity contribution >= 4 is 5.83 Å². The molecule has 2 heteroatoms. The van der Waals surface area contributed by atoms with E-state index in [2.05, 4.69) is 4.98 Å². The average Bonchev–Trinajstić information content (AvgIpc) is 2.38. The molecule has 1 nitrogen and oxygen atoms in total. The van der Waals surface area contributed by atoms with E-state index in [4.69, 9.17) is 0 Å². The Balaban J connectivity index is 2.77. The summed E-state index contributed by atoms with van der Waals surface area (Å²) in [5, 5.41) is 0. The van der Waals surface area contributed by atoms with Gasteiger partial charge in [0.1, 0.15) is 5.83 Å². The minimum Gasteiger partial charge on any atom is -0.359 e. The van der Waals surface area contributed by atoms with E-state index >= 15 is 0 Å². The highest BCUT2D eigenvalue weighted by molar-refractivity contribution is 5.54. The van der Waals surface area contributed by atoms with Crippen molar-refractivity contribution < 1.29 is 4.39 Å². The Hall–Kier alpha value is -1.05. The van der Waals surface area contributed by atoms with Gasteiger partial charge in [-0.25, -0.2) is 4.39 Å². The van der Waals surface area contributed by atoms with Crippen molar-refractivity contribution in [2.75, 3.05) is 0 Å². The van der Waals surface area contributed by atoms with Gasteiger partial charge in [0.25, 0.3) is 0 Å². The fourth-order valence-corrected chi connectivity index (χ4v) is 0.768. The maximum atomic E-state index is 12.8. The summed E-state index contributed by atoms with van der Waals surface area (Å²) in [6, 6.07) is 3.49. The molecule has 0 radical (unpaired) electrons. The van der Waals surface area contributed by atoms with Crippen molar-refractivity contribution in [2.24, 2.45) is 0 Å². The number of aromatic amines is 1. The number of allylic oxidation sites excluding steroid dienone is 1. The highest BCUT2D eigenvalue weighted by Gasteiger charge is 1.96. The number of hydrogen-bond donors (Lipinski definition) is 1. The SMILES string of the molecule is CC/C=C(\F)c1ccc[nH]1. The molecule has 1 aromatic heterocycles. The zero-order valence-corrected chi connectivity index (χ0v) is 5.89. The number of nitrogens with one attached hydrogen (secondary N) is 1. The molecule has 0 aliphatic carbocycles. The summed E-state index contributed by atoms with van der Waals surface area (Å²) in [7, 11) is 0. The second-order valence-electron chi connectivity index (χ2n) is 2.04. The van der Waals surface area contributed by atoms with E-state index in [0.29, 0.717) is 5.69 Å². The van der Waals surface area contributed by atoms with Gasteiger partial charge in [-0.1, -0.05) is 6.92 Å². The minimum absolute atomic E-state index is 0.174. The predicted molar refractivity (Wildman–Crippen MR) is 40.2 cm³/mol. The van der Waals surface area contributed by atoms with E-state index in [1.165, 1.54) is 0 Å². The van der Waals surface area contributed by atoms with Gasteiger partial charge in [-0.15, -0.1) is 0 Å². The first-order chi connectivity index (χ1) is 4.84. The van der Waals surface area contributed by atoms with Gasteiger partial charge in [-0.05, 0) is 24.6 Å². The number of H-pyrrole nitrogens is 1. The molecule has 10 heavy (non-hydrogen) atoms. The Morgan fingerprint density at radius 2 is 2.60 bits per heavy atom. The lowest BCUT2D eigenvalue weighted by Gasteiger charge is -1.89. The minimum atomic E-state index is -0.174. The lowest BCUT2D eigenvalue weighted by molar-refractivity contribution is 0.749. The Kier molecular flexibility index (Phi) is 2.26. The van der Waals surface area contributed by atoms with Gasteiger partial charge in [0.2, 0.25) is 0 Å². The van der Waals surface area contributed by atoms with E-state index in [1.54, 1.807) is 24.4 Å². The summed E-state index contributed by atoms with van der Waals surface area (Å²) >= 11 is 0. The highest BCUT2D eigenvalue weighted by atomic mass is 19.1. The monoisotopic (exact) mass is 139 g/mol. The molecule has 1 N–H and O–H groups in total. The van der Waals surface area contributed by atoms with Crippen molar-refractivity contribution in [1.82, 2.24) is 4.98 Å². The Bertz CT molecular complexity index is 211. The third-order valence-electron chi connectivity index (χ3n) is 1.24. The van der Waals surface area contributed by atoms with Crippen molar-refractivity contribution in [2.45, 2.75) is 13.3 Å². The van der Waals surface area contributed by atoms with Gasteiger partial charge >= 0.3 is 0 Å². The average molecular weight is 139 g/mol. The third-order valence-corrected chi connectivity index (χ3v) is 1.24. The van der Waals surface area contributed by atoms with E-state index in [0.717, 1.165) is 6.42 Å². The largest absolute Gasteiger partial charge is 0.359 e. The van der Waals surface area contributed by atoms with Crippen LogP contribution in [0.3, 0.4) is 0 Å². The quantitative estimate of drug-likeness (QED) is 0.648. The van der Waals surface area contributed by atoms with Crippen LogP contribution in [0.25, 0.3) is 5.83 Å². The van der Waals surface area contributed by atoms with Crippen LogP contribution < -0.4 is 0 Å². The first kappa shape index (κ1) is 7.06. The van der Waals surface area contributed by atoms with Gasteiger partial charge in [0, 0.05) is 6.20 Å². The first-order valence-corrected chi connectivity index (χ1v) is 3.34. The molecule has 0 aliphatic rings. The zero-order chi connectivity index (χ0) is 7.40. The number of halogens is 1. The van der Waals surface area contributed by atoms with Gasteiger partial charge in [0.05, 0.1) is 5.69 Å². The van der Waals surface area contributed by atoms with Gasteiger partial charge in [-0.3, -0.25) is 0 Å². The molecule has 0 saturated heterocycles. The topological polar surface area (TPSA) is 15.8 Å². The second-order valence-corrected chi connectivity index (χ2v) is 2.04. The molecule has 1 heterocycles. The third kappa shape index (κ3) is 1.47. The molecular formula is C8H10FN. The van der Waals surface area contributed by atoms with Gasteiger partial charge in [0.15, 0.2) is 0 Å². The molecule has 0 fully saturated rings. The van der Waals surface area contributed by atoms with E-state index in [1.807, 2.05) is 6.92 Å². The van der Waals surface area contributed by atoms with E-state index in [-0.39, 0.29) is 5.83 Å². The predicted octanol–water partition coefficient (Wildman–Crippen LogP) is 2.74. The van der Waals surface area contributed by atoms with Crippen LogP contribution in [-0.4, -0.2) is 4.98 Å². The molecular weight excluding hydrogens is 129 g/mol.